The maximum absolute atomic E-state index is 13.7. The Kier molecular flexibility index (Phi) is 20.5. The topological polar surface area (TPSA) is 160 Å². The van der Waals surface area contributed by atoms with Crippen molar-refractivity contribution in [2.45, 2.75) is 205 Å². The molecule has 0 atom stereocenters. The van der Waals surface area contributed by atoms with Gasteiger partial charge in [-0.2, -0.15) is 0 Å². The van der Waals surface area contributed by atoms with E-state index in [-0.39, 0.29) is 12.2 Å². The first-order valence-electron chi connectivity index (χ1n) is 25.9. The van der Waals surface area contributed by atoms with Gasteiger partial charge >= 0.3 is 24.4 Å². The first-order valence-corrected chi connectivity index (χ1v) is 25.9. The SMILES string of the molecule is CC1=C/C(=N/c2cc(C)c(N(CCCCCCCCCN(C(=O)OC(C)(C)C)c3ccc(/N=C4/C=C(C)C(NC(=O)OC(C)(C)C)=CC4)c(C)c3C)C(=O)OC(C)(C)C)cc2C)CC=C1NC(=O)OC(C)(C)C. The van der Waals surface area contributed by atoms with Gasteiger partial charge in [-0.3, -0.25) is 30.4 Å². The van der Waals surface area contributed by atoms with Crippen LogP contribution in [0.5, 0.6) is 0 Å². The molecule has 0 radical (unpaired) electrons. The van der Waals surface area contributed by atoms with Gasteiger partial charge in [-0.25, -0.2) is 19.2 Å². The van der Waals surface area contributed by atoms with Gasteiger partial charge in [0, 0.05) is 48.7 Å². The third-order valence-electron chi connectivity index (χ3n) is 11.8. The van der Waals surface area contributed by atoms with Gasteiger partial charge in [0.05, 0.1) is 22.7 Å². The number of carbonyl (C=O) groups excluding carboxylic acids is 4. The number of aryl methyl sites for hydroxylation is 2. The lowest BCUT2D eigenvalue weighted by Gasteiger charge is -2.29. The Morgan fingerprint density at radius 2 is 0.890 bits per heavy atom. The highest BCUT2D eigenvalue weighted by Gasteiger charge is 2.28. The molecular weight excluding hydrogens is 921 g/mol. The number of nitrogens with one attached hydrogen (secondary N) is 2. The van der Waals surface area contributed by atoms with E-state index < -0.39 is 34.6 Å². The Labute approximate surface area is 436 Å². The molecule has 0 bridgehead atoms. The Hall–Kier alpha value is -6.18. The fourth-order valence-electron chi connectivity index (χ4n) is 8.18. The van der Waals surface area contributed by atoms with Crippen LogP contribution in [-0.2, 0) is 18.9 Å². The van der Waals surface area contributed by atoms with Crippen LogP contribution in [0.4, 0.5) is 41.9 Å². The number of ether oxygens (including phenoxy) is 4. The fourth-order valence-corrected chi connectivity index (χ4v) is 8.18. The molecule has 2 aliphatic carbocycles. The second-order valence-electron chi connectivity index (χ2n) is 23.3. The average Bonchev–Trinajstić information content (AvgIpc) is 3.23. The monoisotopic (exact) mass is 1010 g/mol. The third kappa shape index (κ3) is 19.6. The van der Waals surface area contributed by atoms with Gasteiger partial charge in [-0.05, 0) is 207 Å². The largest absolute Gasteiger partial charge is 0.444 e. The van der Waals surface area contributed by atoms with Crippen LogP contribution in [0.15, 0.2) is 81.1 Å². The zero-order valence-corrected chi connectivity index (χ0v) is 47.5. The second kappa shape index (κ2) is 25.2. The summed E-state index contributed by atoms with van der Waals surface area (Å²) in [5.74, 6) is 0. The molecule has 2 aromatic carbocycles. The fraction of sp³-hybridized carbons (Fsp3) is 0.559. The third-order valence-corrected chi connectivity index (χ3v) is 11.8. The lowest BCUT2D eigenvalue weighted by molar-refractivity contribution is 0.0535. The van der Waals surface area contributed by atoms with E-state index in [1.807, 2.05) is 173 Å². The number of carbonyl (C=O) groups is 4. The Balaban J connectivity index is 1.35. The van der Waals surface area contributed by atoms with Crippen LogP contribution in [0.25, 0.3) is 0 Å². The molecule has 2 aliphatic rings. The molecular formula is C59H86N6O8. The number of allylic oxidation sites excluding steroid dienone is 6. The van der Waals surface area contributed by atoms with Crippen molar-refractivity contribution in [1.82, 2.24) is 10.6 Å². The van der Waals surface area contributed by atoms with E-state index in [4.69, 9.17) is 28.9 Å². The smallest absolute Gasteiger partial charge is 0.414 e. The summed E-state index contributed by atoms with van der Waals surface area (Å²) >= 11 is 0. The number of anilines is 2. The van der Waals surface area contributed by atoms with Gasteiger partial charge in [0.2, 0.25) is 0 Å². The van der Waals surface area contributed by atoms with Crippen LogP contribution < -0.4 is 20.4 Å². The van der Waals surface area contributed by atoms with E-state index in [2.05, 4.69) is 10.6 Å². The van der Waals surface area contributed by atoms with Crippen molar-refractivity contribution < 1.29 is 38.1 Å². The summed E-state index contributed by atoms with van der Waals surface area (Å²) in [4.78, 5) is 65.8. The zero-order chi connectivity index (χ0) is 54.6. The molecule has 400 valence electrons. The van der Waals surface area contributed by atoms with E-state index in [9.17, 15) is 19.2 Å². The summed E-state index contributed by atoms with van der Waals surface area (Å²) in [5.41, 5.74) is 9.42. The Morgan fingerprint density at radius 1 is 0.493 bits per heavy atom. The first-order chi connectivity index (χ1) is 33.8. The van der Waals surface area contributed by atoms with Crippen molar-refractivity contribution in [3.8, 4) is 0 Å². The molecule has 4 amide bonds. The minimum atomic E-state index is -0.657. The van der Waals surface area contributed by atoms with E-state index in [1.54, 1.807) is 9.80 Å². The molecule has 0 fully saturated rings. The Morgan fingerprint density at radius 3 is 1.30 bits per heavy atom. The number of rotatable bonds is 16. The van der Waals surface area contributed by atoms with Crippen molar-refractivity contribution in [3.63, 3.8) is 0 Å². The highest BCUT2D eigenvalue weighted by atomic mass is 16.6. The van der Waals surface area contributed by atoms with Gasteiger partial charge in [0.15, 0.2) is 0 Å². The number of unbranched alkanes of at least 4 members (excludes halogenated alkanes) is 6. The second-order valence-corrected chi connectivity index (χ2v) is 23.3. The number of amides is 4. The van der Waals surface area contributed by atoms with Crippen LogP contribution in [0.1, 0.15) is 177 Å². The highest BCUT2D eigenvalue weighted by Crippen LogP contribution is 2.34. The average molecular weight is 1010 g/mol. The van der Waals surface area contributed by atoms with Crippen molar-refractivity contribution in [1.29, 1.82) is 0 Å². The van der Waals surface area contributed by atoms with Gasteiger partial charge in [-0.1, -0.05) is 44.3 Å². The van der Waals surface area contributed by atoms with Crippen LogP contribution >= 0.6 is 0 Å². The van der Waals surface area contributed by atoms with Crippen molar-refractivity contribution in [2.75, 3.05) is 22.9 Å². The summed E-state index contributed by atoms with van der Waals surface area (Å²) in [5, 5.41) is 5.70. The van der Waals surface area contributed by atoms with Crippen LogP contribution in [0, 0.1) is 27.7 Å². The number of hydrogen-bond acceptors (Lipinski definition) is 10. The molecule has 0 aliphatic heterocycles. The summed E-state index contributed by atoms with van der Waals surface area (Å²) in [6.45, 7) is 35.2. The quantitative estimate of drug-likeness (QED) is 0.124. The molecule has 0 spiro atoms. The number of aliphatic imine (C=N–C) groups is 2. The maximum atomic E-state index is 13.7. The Bertz CT molecular complexity index is 2420. The van der Waals surface area contributed by atoms with Crippen molar-refractivity contribution in [2.24, 2.45) is 9.98 Å². The molecule has 0 saturated heterocycles. The van der Waals surface area contributed by atoms with Gasteiger partial charge in [0.1, 0.15) is 22.4 Å². The number of benzene rings is 2. The summed E-state index contributed by atoms with van der Waals surface area (Å²) in [7, 11) is 0. The first kappa shape index (κ1) is 59.4. The van der Waals surface area contributed by atoms with Gasteiger partial charge < -0.3 is 18.9 Å². The van der Waals surface area contributed by atoms with Crippen LogP contribution in [0.3, 0.4) is 0 Å². The molecule has 4 rings (SSSR count). The van der Waals surface area contributed by atoms with Gasteiger partial charge in [-0.15, -0.1) is 0 Å². The predicted octanol–water partition coefficient (Wildman–Crippen LogP) is 15.5. The zero-order valence-electron chi connectivity index (χ0n) is 47.5. The molecule has 0 heterocycles. The number of alkyl carbamates (subject to hydrolysis) is 2. The van der Waals surface area contributed by atoms with E-state index >= 15 is 0 Å². The molecule has 0 saturated carbocycles. The lowest BCUT2D eigenvalue weighted by atomic mass is 10.0. The standard InChI is InChI=1S/C59H86N6O8/c1-38-34-44(26-28-46(38)62-52(66)70-56(7,8)9)60-48-30-31-50(43(6)42(48)5)64(54(68)72-58(13,14)15)32-24-22-20-19-21-23-25-33-65(55(69)73-59(16,17)18)51-37-40(3)49(36-41(51)4)61-45-27-29-47(39(2)35-45)63-53(67)71-57(10,11)12/h28-31,34-37H,19-27,32-33H2,1-18H3,(H,62,66)(H,63,67)/b60-44+,61-45+. The van der Waals surface area contributed by atoms with E-state index in [1.165, 1.54) is 0 Å². The number of hydrogen-bond donors (Lipinski definition) is 2. The molecule has 73 heavy (non-hydrogen) atoms. The molecule has 0 unspecified atom stereocenters. The molecule has 14 heteroatoms. The molecule has 0 aromatic heterocycles. The molecule has 2 N–H and O–H groups in total. The highest BCUT2D eigenvalue weighted by molar-refractivity contribution is 6.01. The van der Waals surface area contributed by atoms with E-state index in [0.29, 0.717) is 37.3 Å². The molecule has 14 nitrogen and oxygen atoms in total. The van der Waals surface area contributed by atoms with Crippen molar-refractivity contribution >= 4 is 58.5 Å². The minimum Gasteiger partial charge on any atom is -0.444 e. The lowest BCUT2D eigenvalue weighted by Crippen LogP contribution is -2.38. The predicted molar refractivity (Wildman–Crippen MR) is 297 cm³/mol. The van der Waals surface area contributed by atoms with Crippen molar-refractivity contribution in [3.05, 3.63) is 93.4 Å². The minimum absolute atomic E-state index is 0.378. The van der Waals surface area contributed by atoms with Gasteiger partial charge in [0.25, 0.3) is 0 Å². The van der Waals surface area contributed by atoms with Crippen LogP contribution in [0.2, 0.25) is 0 Å². The number of nitrogens with zero attached hydrogens (tertiary/aromatic N) is 4. The van der Waals surface area contributed by atoms with Crippen LogP contribution in [-0.4, -0.2) is 71.3 Å². The summed E-state index contributed by atoms with van der Waals surface area (Å²) in [6.07, 6.45) is 13.7. The maximum Gasteiger partial charge on any atom is 0.414 e. The normalized spacial score (nSPS) is 15.4. The summed E-state index contributed by atoms with van der Waals surface area (Å²) < 4.78 is 22.7. The molecule has 2 aromatic rings. The van der Waals surface area contributed by atoms with E-state index in [0.717, 1.165) is 113 Å². The summed E-state index contributed by atoms with van der Waals surface area (Å²) in [6, 6.07) is 7.96.